The van der Waals surface area contributed by atoms with Gasteiger partial charge in [0.05, 0.1) is 6.42 Å². The van der Waals surface area contributed by atoms with Gasteiger partial charge in [0.25, 0.3) is 0 Å². The van der Waals surface area contributed by atoms with Crippen LogP contribution in [0.15, 0.2) is 18.3 Å². The minimum absolute atomic E-state index is 0.292. The first kappa shape index (κ1) is 14.0. The lowest BCUT2D eigenvalue weighted by Crippen LogP contribution is -2.33. The summed E-state index contributed by atoms with van der Waals surface area (Å²) in [7, 11) is 1.54. The van der Waals surface area contributed by atoms with Crippen molar-refractivity contribution in [2.24, 2.45) is 0 Å². The number of alkyl halides is 3. The zero-order valence-corrected chi connectivity index (χ0v) is 10.0. The molecule has 0 radical (unpaired) electrons. The quantitative estimate of drug-likeness (QED) is 0.864. The van der Waals surface area contributed by atoms with Crippen molar-refractivity contribution in [2.75, 3.05) is 7.05 Å². The summed E-state index contributed by atoms with van der Waals surface area (Å²) < 4.78 is 36.8. The molecule has 1 aromatic heterocycles. The van der Waals surface area contributed by atoms with Crippen molar-refractivity contribution in [1.82, 2.24) is 10.3 Å². The van der Waals surface area contributed by atoms with Crippen LogP contribution in [-0.4, -0.2) is 24.2 Å². The van der Waals surface area contributed by atoms with E-state index < -0.39 is 18.6 Å². The summed E-state index contributed by atoms with van der Waals surface area (Å²) in [6.45, 7) is 2.01. The molecule has 0 fully saturated rings. The minimum atomic E-state index is -4.14. The summed E-state index contributed by atoms with van der Waals surface area (Å²) in [5, 5.41) is 2.68. The molecule has 0 aliphatic carbocycles. The highest BCUT2D eigenvalue weighted by Crippen LogP contribution is 2.22. The van der Waals surface area contributed by atoms with Gasteiger partial charge in [0.1, 0.15) is 0 Å². The van der Waals surface area contributed by atoms with Crippen LogP contribution in [0.1, 0.15) is 24.6 Å². The van der Waals surface area contributed by atoms with E-state index in [-0.39, 0.29) is 0 Å². The van der Waals surface area contributed by atoms with Gasteiger partial charge in [-0.2, -0.15) is 13.2 Å². The zero-order chi connectivity index (χ0) is 12.9. The molecule has 0 aromatic carbocycles. The molecule has 1 heterocycles. The lowest BCUT2D eigenvalue weighted by molar-refractivity contribution is -0.139. The molecule has 1 aromatic rings. The molecule has 1 atom stereocenters. The Balaban J connectivity index is 2.61. The molecular formula is C12H17F3N2. The Kier molecular flexibility index (Phi) is 4.93. The predicted molar refractivity (Wildman–Crippen MR) is 60.8 cm³/mol. The van der Waals surface area contributed by atoms with Crippen molar-refractivity contribution < 1.29 is 13.2 Å². The topological polar surface area (TPSA) is 24.9 Å². The third-order valence-electron chi connectivity index (χ3n) is 2.64. The van der Waals surface area contributed by atoms with Crippen LogP contribution in [0.3, 0.4) is 0 Å². The molecule has 0 spiro atoms. The Morgan fingerprint density at radius 3 is 2.47 bits per heavy atom. The smallest absolute Gasteiger partial charge is 0.316 e. The van der Waals surface area contributed by atoms with Gasteiger partial charge in [0, 0.05) is 24.4 Å². The van der Waals surface area contributed by atoms with Gasteiger partial charge in [-0.1, -0.05) is 13.0 Å². The Morgan fingerprint density at radius 2 is 2.06 bits per heavy atom. The van der Waals surface area contributed by atoms with Crippen LogP contribution in [0.25, 0.3) is 0 Å². The molecule has 96 valence electrons. The second-order valence-electron chi connectivity index (χ2n) is 4.02. The number of halogens is 3. The van der Waals surface area contributed by atoms with Gasteiger partial charge in [-0.25, -0.2) is 0 Å². The van der Waals surface area contributed by atoms with Crippen molar-refractivity contribution >= 4 is 0 Å². The maximum atomic E-state index is 12.3. The van der Waals surface area contributed by atoms with E-state index in [1.54, 1.807) is 12.3 Å². The lowest BCUT2D eigenvalue weighted by atomic mass is 10.1. The SMILES string of the molecule is CCc1ccc(CC(CC(F)(F)F)NC)nc1. The summed E-state index contributed by atoms with van der Waals surface area (Å²) in [6.07, 6.45) is -2.08. The highest BCUT2D eigenvalue weighted by Gasteiger charge is 2.31. The first-order chi connectivity index (χ1) is 7.94. The molecule has 0 saturated heterocycles. The summed E-state index contributed by atoms with van der Waals surface area (Å²) in [5.41, 5.74) is 1.77. The van der Waals surface area contributed by atoms with Crippen LogP contribution in [0.2, 0.25) is 0 Å². The first-order valence-corrected chi connectivity index (χ1v) is 5.62. The molecule has 0 aliphatic rings. The van der Waals surface area contributed by atoms with E-state index in [0.29, 0.717) is 12.1 Å². The van der Waals surface area contributed by atoms with Crippen LogP contribution in [-0.2, 0) is 12.8 Å². The molecule has 1 N–H and O–H groups in total. The number of aryl methyl sites for hydroxylation is 1. The fraction of sp³-hybridized carbons (Fsp3) is 0.583. The number of likely N-dealkylation sites (N-methyl/N-ethyl adjacent to an activating group) is 1. The largest absolute Gasteiger partial charge is 0.390 e. The van der Waals surface area contributed by atoms with E-state index >= 15 is 0 Å². The molecule has 0 amide bonds. The third kappa shape index (κ3) is 5.17. The van der Waals surface area contributed by atoms with E-state index in [0.717, 1.165) is 12.0 Å². The first-order valence-electron chi connectivity index (χ1n) is 5.62. The van der Waals surface area contributed by atoms with Crippen molar-refractivity contribution in [3.05, 3.63) is 29.6 Å². The highest BCUT2D eigenvalue weighted by atomic mass is 19.4. The summed E-state index contributed by atoms with van der Waals surface area (Å²) in [4.78, 5) is 4.16. The maximum absolute atomic E-state index is 12.3. The second-order valence-corrected chi connectivity index (χ2v) is 4.02. The fourth-order valence-corrected chi connectivity index (χ4v) is 1.59. The molecular weight excluding hydrogens is 229 g/mol. The molecule has 0 aliphatic heterocycles. The molecule has 0 bridgehead atoms. The number of nitrogens with zero attached hydrogens (tertiary/aromatic N) is 1. The van der Waals surface area contributed by atoms with Gasteiger partial charge in [-0.3, -0.25) is 4.98 Å². The van der Waals surface area contributed by atoms with Crippen LogP contribution in [0.5, 0.6) is 0 Å². The number of hydrogen-bond donors (Lipinski definition) is 1. The van der Waals surface area contributed by atoms with Gasteiger partial charge >= 0.3 is 6.18 Å². The summed E-state index contributed by atoms with van der Waals surface area (Å²) in [6, 6.07) is 3.08. The van der Waals surface area contributed by atoms with E-state index in [4.69, 9.17) is 0 Å². The molecule has 2 nitrogen and oxygen atoms in total. The lowest BCUT2D eigenvalue weighted by Gasteiger charge is -2.17. The van der Waals surface area contributed by atoms with Crippen molar-refractivity contribution in [3.63, 3.8) is 0 Å². The van der Waals surface area contributed by atoms with Crippen LogP contribution >= 0.6 is 0 Å². The zero-order valence-electron chi connectivity index (χ0n) is 10.0. The summed E-state index contributed by atoms with van der Waals surface area (Å²) in [5.74, 6) is 0. The molecule has 17 heavy (non-hydrogen) atoms. The number of rotatable bonds is 5. The van der Waals surface area contributed by atoms with Gasteiger partial charge in [0.15, 0.2) is 0 Å². The van der Waals surface area contributed by atoms with Crippen LogP contribution < -0.4 is 5.32 Å². The average molecular weight is 246 g/mol. The molecule has 5 heteroatoms. The van der Waals surface area contributed by atoms with Gasteiger partial charge in [0.2, 0.25) is 0 Å². The molecule has 1 rings (SSSR count). The van der Waals surface area contributed by atoms with E-state index in [1.807, 2.05) is 13.0 Å². The second kappa shape index (κ2) is 6.00. The van der Waals surface area contributed by atoms with Crippen molar-refractivity contribution in [1.29, 1.82) is 0 Å². The monoisotopic (exact) mass is 246 g/mol. The van der Waals surface area contributed by atoms with Gasteiger partial charge < -0.3 is 5.32 Å². The normalized spacial score (nSPS) is 13.7. The maximum Gasteiger partial charge on any atom is 0.390 e. The molecule has 0 saturated carbocycles. The minimum Gasteiger partial charge on any atom is -0.316 e. The number of pyridine rings is 1. The van der Waals surface area contributed by atoms with E-state index in [1.165, 1.54) is 7.05 Å². The standard InChI is InChI=1S/C12H17F3N2/c1-3-9-4-5-10(17-8-9)6-11(16-2)7-12(13,14)15/h4-5,8,11,16H,3,6-7H2,1-2H3. The van der Waals surface area contributed by atoms with E-state index in [2.05, 4.69) is 10.3 Å². The van der Waals surface area contributed by atoms with Gasteiger partial charge in [-0.15, -0.1) is 0 Å². The Bertz CT molecular complexity index is 333. The van der Waals surface area contributed by atoms with Crippen LogP contribution in [0, 0.1) is 0 Å². The molecule has 1 unspecified atom stereocenters. The average Bonchev–Trinajstić information content (AvgIpc) is 2.27. The van der Waals surface area contributed by atoms with Crippen LogP contribution in [0.4, 0.5) is 13.2 Å². The third-order valence-corrected chi connectivity index (χ3v) is 2.64. The number of hydrogen-bond acceptors (Lipinski definition) is 2. The summed E-state index contributed by atoms with van der Waals surface area (Å²) >= 11 is 0. The number of aromatic nitrogens is 1. The van der Waals surface area contributed by atoms with E-state index in [9.17, 15) is 13.2 Å². The Morgan fingerprint density at radius 1 is 1.35 bits per heavy atom. The predicted octanol–water partition coefficient (Wildman–Crippen LogP) is 2.73. The fourth-order valence-electron chi connectivity index (χ4n) is 1.59. The Labute approximate surface area is 99.3 Å². The van der Waals surface area contributed by atoms with Crippen molar-refractivity contribution in [3.8, 4) is 0 Å². The highest BCUT2D eigenvalue weighted by molar-refractivity contribution is 5.14. The number of nitrogens with one attached hydrogen (secondary N) is 1. The van der Waals surface area contributed by atoms with Crippen molar-refractivity contribution in [2.45, 2.75) is 38.4 Å². The van der Waals surface area contributed by atoms with Gasteiger partial charge in [-0.05, 0) is 25.1 Å². The Hall–Kier alpha value is -1.10.